The van der Waals surface area contributed by atoms with Crippen LogP contribution in [0, 0.1) is 0 Å². The molecule has 0 aliphatic rings. The van der Waals surface area contributed by atoms with Crippen molar-refractivity contribution in [1.29, 1.82) is 0 Å². The van der Waals surface area contributed by atoms with E-state index in [9.17, 15) is 4.79 Å². The molecule has 0 aliphatic carbocycles. The van der Waals surface area contributed by atoms with Crippen LogP contribution in [0.3, 0.4) is 0 Å². The summed E-state index contributed by atoms with van der Waals surface area (Å²) in [5, 5.41) is 1.28. The van der Waals surface area contributed by atoms with E-state index >= 15 is 0 Å². The average Bonchev–Trinajstić information content (AvgIpc) is 2.25. The smallest absolute Gasteiger partial charge is 0.302 e. The van der Waals surface area contributed by atoms with Crippen molar-refractivity contribution < 1.29 is 9.53 Å². The first-order chi connectivity index (χ1) is 7.78. The second-order valence-corrected chi connectivity index (χ2v) is 5.79. The van der Waals surface area contributed by atoms with Crippen LogP contribution in [0.15, 0.2) is 22.8 Å². The van der Waals surface area contributed by atoms with Crippen LogP contribution in [0.25, 0.3) is 0 Å². The van der Waals surface area contributed by atoms with E-state index in [0.717, 1.165) is 5.57 Å². The number of carbonyl (C=O) groups excluding carboxylic acids is 1. The topological polar surface area (TPSA) is 26.3 Å². The third-order valence-corrected chi connectivity index (χ3v) is 4.22. The predicted molar refractivity (Wildman–Crippen MR) is 77.0 cm³/mol. The Balaban J connectivity index is 4.35. The molecular formula is C12H17BrCl2O2. The van der Waals surface area contributed by atoms with Crippen molar-refractivity contribution in [2.24, 2.45) is 0 Å². The van der Waals surface area contributed by atoms with Crippen molar-refractivity contribution >= 4 is 45.1 Å². The van der Waals surface area contributed by atoms with Crippen LogP contribution >= 0.6 is 39.1 Å². The maximum atomic E-state index is 10.6. The summed E-state index contributed by atoms with van der Waals surface area (Å²) in [6.07, 6.45) is 4.23. The number of ether oxygens (including phenoxy) is 1. The van der Waals surface area contributed by atoms with E-state index in [-0.39, 0.29) is 5.97 Å². The highest BCUT2D eigenvalue weighted by Crippen LogP contribution is 2.22. The molecule has 0 heterocycles. The Kier molecular flexibility index (Phi) is 8.18. The van der Waals surface area contributed by atoms with Gasteiger partial charge < -0.3 is 4.74 Å². The molecule has 0 rings (SSSR count). The molecule has 0 aliphatic heterocycles. The lowest BCUT2D eigenvalue weighted by Crippen LogP contribution is -2.13. The van der Waals surface area contributed by atoms with E-state index in [4.69, 9.17) is 27.9 Å². The third kappa shape index (κ3) is 8.70. The monoisotopic (exact) mass is 342 g/mol. The predicted octanol–water partition coefficient (Wildman–Crippen LogP) is 4.40. The lowest BCUT2D eigenvalue weighted by Gasteiger charge is -2.12. The van der Waals surface area contributed by atoms with Gasteiger partial charge >= 0.3 is 5.97 Å². The van der Waals surface area contributed by atoms with Crippen LogP contribution < -0.4 is 0 Å². The molecule has 0 fully saturated rings. The maximum Gasteiger partial charge on any atom is 0.302 e. The molecule has 0 spiro atoms. The van der Waals surface area contributed by atoms with Gasteiger partial charge in [0.05, 0.1) is 11.5 Å². The van der Waals surface area contributed by atoms with Crippen LogP contribution in [-0.2, 0) is 9.53 Å². The minimum Gasteiger partial charge on any atom is -0.466 e. The van der Waals surface area contributed by atoms with E-state index in [2.05, 4.69) is 15.9 Å². The van der Waals surface area contributed by atoms with Crippen LogP contribution in [-0.4, -0.2) is 22.8 Å². The summed E-state index contributed by atoms with van der Waals surface area (Å²) in [6.45, 7) is 5.52. The second kappa shape index (κ2) is 8.17. The first kappa shape index (κ1) is 17.0. The van der Waals surface area contributed by atoms with Crippen molar-refractivity contribution in [3.63, 3.8) is 0 Å². The Morgan fingerprint density at radius 1 is 1.47 bits per heavy atom. The molecule has 0 aromatic heterocycles. The Morgan fingerprint density at radius 3 is 2.53 bits per heavy atom. The SMILES string of the molecule is CC(=O)OCCC(C)=C(Cl)C=CC(C)(Cl)CBr. The molecule has 0 saturated carbocycles. The Bertz CT molecular complexity index is 322. The molecule has 1 unspecified atom stereocenters. The highest BCUT2D eigenvalue weighted by Gasteiger charge is 2.14. The van der Waals surface area contributed by atoms with Gasteiger partial charge in [-0.1, -0.05) is 39.2 Å². The van der Waals surface area contributed by atoms with Gasteiger partial charge in [-0.15, -0.1) is 11.6 Å². The van der Waals surface area contributed by atoms with Gasteiger partial charge in [-0.3, -0.25) is 4.79 Å². The standard InChI is InChI=1S/C12H17BrCl2O2/c1-9(5-7-17-10(2)16)11(14)4-6-12(3,15)8-13/h4,6H,5,7-8H2,1-3H3. The largest absolute Gasteiger partial charge is 0.466 e. The second-order valence-electron chi connectivity index (χ2n) is 3.96. The molecule has 0 bridgehead atoms. The fourth-order valence-electron chi connectivity index (χ4n) is 0.901. The van der Waals surface area contributed by atoms with E-state index in [1.807, 2.05) is 19.9 Å². The van der Waals surface area contributed by atoms with Gasteiger partial charge in [0.2, 0.25) is 0 Å². The summed E-state index contributed by atoms with van der Waals surface area (Å²) in [5.41, 5.74) is 0.964. The minimum absolute atomic E-state index is 0.280. The Morgan fingerprint density at radius 2 is 2.06 bits per heavy atom. The Hall–Kier alpha value is 0.01000. The highest BCUT2D eigenvalue weighted by atomic mass is 79.9. The van der Waals surface area contributed by atoms with Crippen molar-refractivity contribution in [3.8, 4) is 0 Å². The maximum absolute atomic E-state index is 10.6. The molecular weight excluding hydrogens is 327 g/mol. The molecule has 0 amide bonds. The average molecular weight is 344 g/mol. The van der Waals surface area contributed by atoms with Crippen LogP contribution in [0.2, 0.25) is 0 Å². The van der Waals surface area contributed by atoms with Crippen LogP contribution in [0.5, 0.6) is 0 Å². The molecule has 5 heteroatoms. The van der Waals surface area contributed by atoms with Crippen molar-refractivity contribution in [2.45, 2.75) is 32.1 Å². The number of allylic oxidation sites excluding steroid dienone is 3. The molecule has 0 aromatic carbocycles. The molecule has 98 valence electrons. The number of hydrogen-bond acceptors (Lipinski definition) is 2. The number of rotatable bonds is 6. The molecule has 17 heavy (non-hydrogen) atoms. The van der Waals surface area contributed by atoms with Crippen LogP contribution in [0.4, 0.5) is 0 Å². The summed E-state index contributed by atoms with van der Waals surface area (Å²) in [5.74, 6) is -0.280. The first-order valence-corrected chi connectivity index (χ1v) is 7.09. The fourth-order valence-corrected chi connectivity index (χ4v) is 1.31. The lowest BCUT2D eigenvalue weighted by atomic mass is 10.1. The zero-order chi connectivity index (χ0) is 13.5. The zero-order valence-corrected chi connectivity index (χ0v) is 13.3. The van der Waals surface area contributed by atoms with Gasteiger partial charge in [-0.25, -0.2) is 0 Å². The lowest BCUT2D eigenvalue weighted by molar-refractivity contribution is -0.140. The third-order valence-electron chi connectivity index (χ3n) is 2.03. The molecule has 2 nitrogen and oxygen atoms in total. The summed E-state index contributed by atoms with van der Waals surface area (Å²) < 4.78 is 4.84. The fraction of sp³-hybridized carbons (Fsp3) is 0.583. The summed E-state index contributed by atoms with van der Waals surface area (Å²) in [6, 6.07) is 0. The van der Waals surface area contributed by atoms with Gasteiger partial charge in [0.1, 0.15) is 0 Å². The molecule has 0 saturated heterocycles. The first-order valence-electron chi connectivity index (χ1n) is 5.21. The van der Waals surface area contributed by atoms with Crippen molar-refractivity contribution in [2.75, 3.05) is 11.9 Å². The van der Waals surface area contributed by atoms with Crippen LogP contribution in [0.1, 0.15) is 27.2 Å². The number of hydrogen-bond donors (Lipinski definition) is 0. The van der Waals surface area contributed by atoms with Gasteiger partial charge in [0.25, 0.3) is 0 Å². The quantitative estimate of drug-likeness (QED) is 0.406. The Labute approximate surface area is 121 Å². The minimum atomic E-state index is -0.448. The number of halogens is 3. The molecule has 1 atom stereocenters. The normalized spacial score (nSPS) is 16.6. The van der Waals surface area contributed by atoms with Gasteiger partial charge in [0.15, 0.2) is 0 Å². The summed E-state index contributed by atoms with van der Waals surface area (Å²) in [7, 11) is 0. The number of alkyl halides is 2. The van der Waals surface area contributed by atoms with E-state index < -0.39 is 4.87 Å². The van der Waals surface area contributed by atoms with Gasteiger partial charge in [-0.05, 0) is 19.9 Å². The molecule has 0 N–H and O–H groups in total. The number of carbonyl (C=O) groups is 1. The van der Waals surface area contributed by atoms with Crippen molar-refractivity contribution in [3.05, 3.63) is 22.8 Å². The molecule has 0 aromatic rings. The highest BCUT2D eigenvalue weighted by molar-refractivity contribution is 9.09. The van der Waals surface area contributed by atoms with E-state index in [1.54, 1.807) is 6.08 Å². The zero-order valence-electron chi connectivity index (χ0n) is 10.2. The van der Waals surface area contributed by atoms with E-state index in [0.29, 0.717) is 23.4 Å². The van der Waals surface area contributed by atoms with E-state index in [1.165, 1.54) is 6.92 Å². The summed E-state index contributed by atoms with van der Waals surface area (Å²) in [4.78, 5) is 10.1. The number of esters is 1. The summed E-state index contributed by atoms with van der Waals surface area (Å²) >= 11 is 15.5. The van der Waals surface area contributed by atoms with Gasteiger partial charge in [0, 0.05) is 23.7 Å². The van der Waals surface area contributed by atoms with Crippen molar-refractivity contribution in [1.82, 2.24) is 0 Å². The molecule has 0 radical (unpaired) electrons. The van der Waals surface area contributed by atoms with Gasteiger partial charge in [-0.2, -0.15) is 0 Å².